The number of rotatable bonds is 1. The topological polar surface area (TPSA) is 21.1 Å². The Balaban J connectivity index is 2.15. The summed E-state index contributed by atoms with van der Waals surface area (Å²) in [5, 5.41) is 6.61. The largest absolute Gasteiger partial charge is 0.297 e. The van der Waals surface area contributed by atoms with Gasteiger partial charge < -0.3 is 0 Å². The third-order valence-corrected chi connectivity index (χ3v) is 2.08. The molecule has 1 aliphatic rings. The summed E-state index contributed by atoms with van der Waals surface area (Å²) in [6, 6.07) is 2.04. The first-order chi connectivity index (χ1) is 5.36. The van der Waals surface area contributed by atoms with Gasteiger partial charge in [0.15, 0.2) is 0 Å². The van der Waals surface area contributed by atoms with Crippen molar-refractivity contribution in [2.24, 2.45) is 0 Å². The van der Waals surface area contributed by atoms with E-state index in [1.807, 2.05) is 24.0 Å². The van der Waals surface area contributed by atoms with Crippen LogP contribution in [0, 0.1) is 6.92 Å². The van der Waals surface area contributed by atoms with Crippen molar-refractivity contribution in [3.8, 4) is 0 Å². The fraction of sp³-hybridized carbons (Fsp3) is 0.625. The van der Waals surface area contributed by atoms with E-state index in [0.29, 0.717) is 0 Å². The standard InChI is InChI=1S/C8H13N3/c1-8-4-7-11(9-8)10-5-2-3-6-10/h4,7H,2-3,5-6H2,1H3. The molecule has 3 heteroatoms. The maximum Gasteiger partial charge on any atom is 0.0614 e. The van der Waals surface area contributed by atoms with Crippen LogP contribution >= 0.6 is 0 Å². The Labute approximate surface area is 66.6 Å². The summed E-state index contributed by atoms with van der Waals surface area (Å²) >= 11 is 0. The molecule has 11 heavy (non-hydrogen) atoms. The maximum atomic E-state index is 4.34. The van der Waals surface area contributed by atoms with Crippen LogP contribution in [0.1, 0.15) is 18.5 Å². The molecule has 0 radical (unpaired) electrons. The smallest absolute Gasteiger partial charge is 0.0614 e. The average Bonchev–Trinajstić information content (AvgIpc) is 2.55. The SMILES string of the molecule is Cc1ccn(N2CCCC2)n1. The lowest BCUT2D eigenvalue weighted by Crippen LogP contribution is -2.31. The van der Waals surface area contributed by atoms with Crippen molar-refractivity contribution >= 4 is 0 Å². The Morgan fingerprint density at radius 1 is 1.36 bits per heavy atom. The lowest BCUT2D eigenvalue weighted by molar-refractivity contribution is 0.585. The molecule has 1 aromatic rings. The van der Waals surface area contributed by atoms with Gasteiger partial charge in [-0.3, -0.25) is 5.01 Å². The van der Waals surface area contributed by atoms with Gasteiger partial charge in [-0.2, -0.15) is 9.89 Å². The molecule has 60 valence electrons. The molecule has 2 heterocycles. The highest BCUT2D eigenvalue weighted by Crippen LogP contribution is 2.05. The number of aromatic nitrogens is 2. The summed E-state index contributed by atoms with van der Waals surface area (Å²) in [7, 11) is 0. The molecule has 0 bridgehead atoms. The summed E-state index contributed by atoms with van der Waals surface area (Å²) < 4.78 is 0. The van der Waals surface area contributed by atoms with E-state index >= 15 is 0 Å². The molecule has 0 amide bonds. The van der Waals surface area contributed by atoms with E-state index in [9.17, 15) is 0 Å². The van der Waals surface area contributed by atoms with Crippen molar-refractivity contribution in [2.75, 3.05) is 18.1 Å². The second kappa shape index (κ2) is 2.57. The monoisotopic (exact) mass is 151 g/mol. The van der Waals surface area contributed by atoms with Gasteiger partial charge in [0.05, 0.1) is 5.69 Å². The van der Waals surface area contributed by atoms with E-state index in [-0.39, 0.29) is 0 Å². The minimum absolute atomic E-state index is 1.09. The van der Waals surface area contributed by atoms with E-state index in [1.165, 1.54) is 12.8 Å². The van der Waals surface area contributed by atoms with Crippen LogP contribution in [0.5, 0.6) is 0 Å². The minimum Gasteiger partial charge on any atom is -0.297 e. The van der Waals surface area contributed by atoms with E-state index in [0.717, 1.165) is 18.8 Å². The molecule has 0 N–H and O–H groups in total. The normalized spacial score (nSPS) is 17.7. The molecular formula is C8H13N3. The van der Waals surface area contributed by atoms with Crippen LogP contribution in [0.4, 0.5) is 0 Å². The van der Waals surface area contributed by atoms with Crippen molar-refractivity contribution in [1.29, 1.82) is 0 Å². The van der Waals surface area contributed by atoms with Gasteiger partial charge in [0.2, 0.25) is 0 Å². The Morgan fingerprint density at radius 2 is 2.09 bits per heavy atom. The predicted molar refractivity (Wildman–Crippen MR) is 44.1 cm³/mol. The highest BCUT2D eigenvalue weighted by atomic mass is 15.7. The molecule has 0 atom stereocenters. The highest BCUT2D eigenvalue weighted by Gasteiger charge is 2.11. The summed E-state index contributed by atoms with van der Waals surface area (Å²) in [6.45, 7) is 4.33. The van der Waals surface area contributed by atoms with Gasteiger partial charge >= 0.3 is 0 Å². The van der Waals surface area contributed by atoms with Gasteiger partial charge in [0.25, 0.3) is 0 Å². The summed E-state index contributed by atoms with van der Waals surface area (Å²) in [6.07, 6.45) is 4.64. The maximum absolute atomic E-state index is 4.34. The number of hydrogen-bond acceptors (Lipinski definition) is 2. The van der Waals surface area contributed by atoms with Crippen molar-refractivity contribution in [1.82, 2.24) is 9.89 Å². The lowest BCUT2D eigenvalue weighted by atomic mass is 10.4. The molecule has 0 spiro atoms. The molecule has 3 nitrogen and oxygen atoms in total. The van der Waals surface area contributed by atoms with Gasteiger partial charge in [-0.05, 0) is 25.8 Å². The van der Waals surface area contributed by atoms with Crippen LogP contribution < -0.4 is 5.01 Å². The summed E-state index contributed by atoms with van der Waals surface area (Å²) in [4.78, 5) is 1.96. The first kappa shape index (κ1) is 6.70. The first-order valence-electron chi connectivity index (χ1n) is 4.14. The van der Waals surface area contributed by atoms with Gasteiger partial charge in [0, 0.05) is 19.3 Å². The van der Waals surface area contributed by atoms with Gasteiger partial charge in [-0.25, -0.2) is 0 Å². The lowest BCUT2D eigenvalue weighted by Gasteiger charge is -2.16. The summed E-state index contributed by atoms with van der Waals surface area (Å²) in [5.74, 6) is 0. The minimum atomic E-state index is 1.09. The number of hydrogen-bond donors (Lipinski definition) is 0. The fourth-order valence-corrected chi connectivity index (χ4v) is 1.47. The van der Waals surface area contributed by atoms with E-state index in [1.54, 1.807) is 0 Å². The van der Waals surface area contributed by atoms with Crippen LogP contribution in [0.3, 0.4) is 0 Å². The Kier molecular flexibility index (Phi) is 1.56. The Morgan fingerprint density at radius 3 is 2.64 bits per heavy atom. The van der Waals surface area contributed by atoms with E-state index < -0.39 is 0 Å². The van der Waals surface area contributed by atoms with Crippen LogP contribution in [0.25, 0.3) is 0 Å². The van der Waals surface area contributed by atoms with Crippen molar-refractivity contribution in [3.05, 3.63) is 18.0 Å². The predicted octanol–water partition coefficient (Wildman–Crippen LogP) is 0.923. The molecule has 2 rings (SSSR count). The number of aryl methyl sites for hydroxylation is 1. The third kappa shape index (κ3) is 1.23. The third-order valence-electron chi connectivity index (χ3n) is 2.08. The molecular weight excluding hydrogens is 138 g/mol. The molecule has 1 fully saturated rings. The first-order valence-corrected chi connectivity index (χ1v) is 4.14. The van der Waals surface area contributed by atoms with Crippen molar-refractivity contribution in [2.45, 2.75) is 19.8 Å². The Hall–Kier alpha value is -0.990. The van der Waals surface area contributed by atoms with Crippen molar-refractivity contribution < 1.29 is 0 Å². The second-order valence-electron chi connectivity index (χ2n) is 3.04. The quantitative estimate of drug-likeness (QED) is 0.595. The Bertz CT molecular complexity index is 235. The van der Waals surface area contributed by atoms with Crippen LogP contribution in [-0.4, -0.2) is 23.0 Å². The molecule has 1 aliphatic heterocycles. The zero-order valence-corrected chi connectivity index (χ0v) is 6.82. The zero-order valence-electron chi connectivity index (χ0n) is 6.82. The number of nitrogens with zero attached hydrogens (tertiary/aromatic N) is 3. The summed E-state index contributed by atoms with van der Waals surface area (Å²) in [5.41, 5.74) is 1.09. The second-order valence-corrected chi connectivity index (χ2v) is 3.04. The van der Waals surface area contributed by atoms with Crippen LogP contribution in [0.2, 0.25) is 0 Å². The highest BCUT2D eigenvalue weighted by molar-refractivity contribution is 4.99. The molecule has 0 saturated carbocycles. The van der Waals surface area contributed by atoms with Crippen LogP contribution in [-0.2, 0) is 0 Å². The molecule has 0 aromatic carbocycles. The van der Waals surface area contributed by atoms with Gasteiger partial charge in [0.1, 0.15) is 0 Å². The van der Waals surface area contributed by atoms with Gasteiger partial charge in [-0.15, -0.1) is 0 Å². The van der Waals surface area contributed by atoms with E-state index in [4.69, 9.17) is 0 Å². The van der Waals surface area contributed by atoms with Crippen molar-refractivity contribution in [3.63, 3.8) is 0 Å². The molecule has 0 aliphatic carbocycles. The molecule has 0 unspecified atom stereocenters. The average molecular weight is 151 g/mol. The van der Waals surface area contributed by atoms with Crippen LogP contribution in [0.15, 0.2) is 12.3 Å². The van der Waals surface area contributed by atoms with E-state index in [2.05, 4.69) is 10.1 Å². The zero-order chi connectivity index (χ0) is 7.68. The molecule has 1 aromatic heterocycles. The fourth-order valence-electron chi connectivity index (χ4n) is 1.47. The molecule has 1 saturated heterocycles. The van der Waals surface area contributed by atoms with Gasteiger partial charge in [-0.1, -0.05) is 0 Å².